The van der Waals surface area contributed by atoms with E-state index in [-0.39, 0.29) is 75.1 Å². The van der Waals surface area contributed by atoms with Crippen LogP contribution in [0.2, 0.25) is 0 Å². The highest BCUT2D eigenvalue weighted by molar-refractivity contribution is 5.87. The highest BCUT2D eigenvalue weighted by Gasteiger charge is 2.37. The van der Waals surface area contributed by atoms with Crippen LogP contribution in [0.1, 0.15) is 59.1 Å². The van der Waals surface area contributed by atoms with Crippen LogP contribution in [0.15, 0.2) is 158 Å². The van der Waals surface area contributed by atoms with Gasteiger partial charge < -0.3 is 39.9 Å². The van der Waals surface area contributed by atoms with E-state index in [9.17, 15) is 35.9 Å². The molecule has 0 bridgehead atoms. The molecule has 77 heavy (non-hydrogen) atoms. The standard InChI is InChI=1S/C57H52F10N2O8/c58-54(59,60)31-1-33-72-47-21-25-49(26-22-47)76-56(64,65)43-13-3-39(4-14-43)11-29-51(70)74-37-53(35-41-7-17-45(68)18-8-41,36-42-9-19-46(69)20-10-42)38-75-52(71)30-12-40-5-15-44(16-6-40)57(66,67)77-50-27-23-48(24-28-50)73-34-2-32-55(61,62)63/h3-30H,1-2,31-38,68-69H2. The van der Waals surface area contributed by atoms with Crippen molar-refractivity contribution in [2.24, 2.45) is 5.41 Å². The summed E-state index contributed by atoms with van der Waals surface area (Å²) in [6.07, 6.45) is -13.5. The number of hydrogen-bond acceptors (Lipinski definition) is 10. The fourth-order valence-corrected chi connectivity index (χ4v) is 7.44. The lowest BCUT2D eigenvalue weighted by Gasteiger charge is -2.33. The first-order valence-electron chi connectivity index (χ1n) is 23.7. The van der Waals surface area contributed by atoms with Crippen LogP contribution in [0.5, 0.6) is 23.0 Å². The molecule has 6 aromatic carbocycles. The Labute approximate surface area is 436 Å². The third-order valence-electron chi connectivity index (χ3n) is 11.4. The predicted molar refractivity (Wildman–Crippen MR) is 268 cm³/mol. The molecule has 6 aromatic rings. The Hall–Kier alpha value is -8.16. The zero-order chi connectivity index (χ0) is 55.7. The van der Waals surface area contributed by atoms with Gasteiger partial charge in [0.1, 0.15) is 36.2 Å². The molecule has 0 heterocycles. The van der Waals surface area contributed by atoms with Gasteiger partial charge in [0.05, 0.1) is 24.3 Å². The van der Waals surface area contributed by atoms with E-state index in [1.165, 1.54) is 84.9 Å². The van der Waals surface area contributed by atoms with E-state index in [1.807, 2.05) is 0 Å². The Morgan fingerprint density at radius 3 is 1.08 bits per heavy atom. The van der Waals surface area contributed by atoms with Crippen LogP contribution < -0.4 is 30.4 Å². The summed E-state index contributed by atoms with van der Waals surface area (Å²) in [5.41, 5.74) is 12.9. The zero-order valence-corrected chi connectivity index (χ0v) is 40.9. The lowest BCUT2D eigenvalue weighted by Crippen LogP contribution is -2.38. The Balaban J connectivity index is 1.08. The summed E-state index contributed by atoms with van der Waals surface area (Å²) in [4.78, 5) is 26.7. The quantitative estimate of drug-likeness (QED) is 0.0177. The molecule has 0 aliphatic heterocycles. The third-order valence-corrected chi connectivity index (χ3v) is 11.4. The lowest BCUT2D eigenvalue weighted by molar-refractivity contribution is -0.186. The van der Waals surface area contributed by atoms with E-state index in [0.717, 1.165) is 47.5 Å². The van der Waals surface area contributed by atoms with Gasteiger partial charge in [-0.25, -0.2) is 9.59 Å². The molecular formula is C57H52F10N2O8. The SMILES string of the molecule is Nc1ccc(CC(COC(=O)C=Cc2ccc(C(F)(F)Oc3ccc(OCCCC(F)(F)F)cc3)cc2)(COC(=O)C=Cc2ccc(C(F)(F)Oc3ccc(OCCCC(F)(F)F)cc3)cc2)Cc2ccc(N)cc2)cc1. The molecular weight excluding hydrogens is 1030 g/mol. The maximum absolute atomic E-state index is 15.2. The molecule has 6 rings (SSSR count). The van der Waals surface area contributed by atoms with Gasteiger partial charge in [0.2, 0.25) is 0 Å². The van der Waals surface area contributed by atoms with Gasteiger partial charge in [0.15, 0.2) is 0 Å². The van der Waals surface area contributed by atoms with Crippen molar-refractivity contribution in [3.05, 3.63) is 191 Å². The molecule has 0 saturated heterocycles. The van der Waals surface area contributed by atoms with Crippen molar-refractivity contribution < 1.29 is 81.9 Å². The van der Waals surface area contributed by atoms with Crippen molar-refractivity contribution in [1.82, 2.24) is 0 Å². The normalized spacial score (nSPS) is 12.4. The number of carbonyl (C=O) groups excluding carboxylic acids is 2. The molecule has 0 unspecified atom stereocenters. The Morgan fingerprint density at radius 2 is 0.753 bits per heavy atom. The highest BCUT2D eigenvalue weighted by Crippen LogP contribution is 2.36. The van der Waals surface area contributed by atoms with Gasteiger partial charge in [0, 0.05) is 41.8 Å². The van der Waals surface area contributed by atoms with Gasteiger partial charge in [-0.05, 0) is 157 Å². The summed E-state index contributed by atoms with van der Waals surface area (Å²) in [6, 6.07) is 33.4. The van der Waals surface area contributed by atoms with Gasteiger partial charge in [0.25, 0.3) is 0 Å². The Bertz CT molecular complexity index is 2680. The van der Waals surface area contributed by atoms with E-state index >= 15 is 17.6 Å². The van der Waals surface area contributed by atoms with E-state index in [2.05, 4.69) is 0 Å². The number of nitrogens with two attached hydrogens (primary N) is 2. The molecule has 408 valence electrons. The van der Waals surface area contributed by atoms with Crippen molar-refractivity contribution in [2.45, 2.75) is 63.1 Å². The van der Waals surface area contributed by atoms with Gasteiger partial charge in [-0.1, -0.05) is 48.5 Å². The number of hydrogen-bond donors (Lipinski definition) is 2. The number of nitrogen functional groups attached to an aromatic ring is 2. The summed E-state index contributed by atoms with van der Waals surface area (Å²) in [5.74, 6) is -1.74. The number of ether oxygens (including phenoxy) is 6. The number of carbonyl (C=O) groups is 2. The second-order valence-corrected chi connectivity index (χ2v) is 17.8. The molecule has 0 saturated carbocycles. The number of anilines is 2. The summed E-state index contributed by atoms with van der Waals surface area (Å²) in [7, 11) is 0. The molecule has 0 spiro atoms. The van der Waals surface area contributed by atoms with Crippen LogP contribution >= 0.6 is 0 Å². The van der Waals surface area contributed by atoms with Gasteiger partial charge in [-0.15, -0.1) is 0 Å². The maximum Gasteiger partial charge on any atom is 0.426 e. The molecule has 0 atom stereocenters. The first-order chi connectivity index (χ1) is 36.4. The van der Waals surface area contributed by atoms with Gasteiger partial charge >= 0.3 is 36.5 Å². The van der Waals surface area contributed by atoms with Crippen LogP contribution in [0.4, 0.5) is 55.3 Å². The summed E-state index contributed by atoms with van der Waals surface area (Å²) < 4.78 is 167. The van der Waals surface area contributed by atoms with E-state index < -0.39 is 65.9 Å². The number of benzene rings is 6. The monoisotopic (exact) mass is 1080 g/mol. The molecule has 10 nitrogen and oxygen atoms in total. The predicted octanol–water partition coefficient (Wildman–Crippen LogP) is 13.8. The molecule has 0 amide bonds. The largest absolute Gasteiger partial charge is 0.494 e. The average Bonchev–Trinajstić information content (AvgIpc) is 3.38. The van der Waals surface area contributed by atoms with Crippen LogP contribution in [0.25, 0.3) is 12.2 Å². The molecule has 4 N–H and O–H groups in total. The van der Waals surface area contributed by atoms with Crippen molar-refractivity contribution >= 4 is 35.5 Å². The van der Waals surface area contributed by atoms with Crippen LogP contribution in [-0.2, 0) is 44.1 Å². The second-order valence-electron chi connectivity index (χ2n) is 17.8. The minimum absolute atomic E-state index is 0.175. The average molecular weight is 1080 g/mol. The maximum atomic E-state index is 15.2. The third kappa shape index (κ3) is 19.8. The molecule has 20 heteroatoms. The molecule has 0 fully saturated rings. The molecule has 0 aliphatic rings. The van der Waals surface area contributed by atoms with Crippen molar-refractivity contribution in [1.29, 1.82) is 0 Å². The van der Waals surface area contributed by atoms with E-state index in [1.54, 1.807) is 48.5 Å². The van der Waals surface area contributed by atoms with Crippen molar-refractivity contribution in [3.8, 4) is 23.0 Å². The number of esters is 2. The molecule has 0 aliphatic carbocycles. The second kappa shape index (κ2) is 26.1. The van der Waals surface area contributed by atoms with Gasteiger partial charge in [-0.3, -0.25) is 0 Å². The van der Waals surface area contributed by atoms with Crippen molar-refractivity contribution in [2.75, 3.05) is 37.9 Å². The summed E-state index contributed by atoms with van der Waals surface area (Å²) in [6.45, 7) is -1.03. The fourth-order valence-electron chi connectivity index (χ4n) is 7.44. The molecule has 0 radical (unpaired) electrons. The topological polar surface area (TPSA) is 142 Å². The van der Waals surface area contributed by atoms with Crippen molar-refractivity contribution in [3.63, 3.8) is 0 Å². The highest BCUT2D eigenvalue weighted by atomic mass is 19.4. The number of halogens is 10. The lowest BCUT2D eigenvalue weighted by atomic mass is 9.77. The Morgan fingerprint density at radius 1 is 0.429 bits per heavy atom. The minimum atomic E-state index is -4.32. The van der Waals surface area contributed by atoms with Crippen LogP contribution in [-0.4, -0.2) is 50.7 Å². The fraction of sp³-hybridized carbons (Fsp3) is 0.263. The van der Waals surface area contributed by atoms with E-state index in [0.29, 0.717) is 22.5 Å². The van der Waals surface area contributed by atoms with Gasteiger partial charge in [-0.2, -0.15) is 43.9 Å². The smallest absolute Gasteiger partial charge is 0.426 e. The summed E-state index contributed by atoms with van der Waals surface area (Å²) in [5, 5.41) is 0. The van der Waals surface area contributed by atoms with Crippen LogP contribution in [0.3, 0.4) is 0 Å². The summed E-state index contributed by atoms with van der Waals surface area (Å²) >= 11 is 0. The zero-order valence-electron chi connectivity index (χ0n) is 40.9. The number of rotatable bonds is 26. The first kappa shape index (κ1) is 58.1. The Kier molecular flexibility index (Phi) is 19.7. The minimum Gasteiger partial charge on any atom is -0.494 e. The first-order valence-corrected chi connectivity index (χ1v) is 23.7. The van der Waals surface area contributed by atoms with E-state index in [4.69, 9.17) is 39.9 Å². The van der Waals surface area contributed by atoms with Crippen LogP contribution in [0, 0.1) is 5.41 Å². The molecule has 0 aromatic heterocycles. The number of alkyl halides is 10.